The monoisotopic (exact) mass is 380 g/mol. The zero-order valence-electron chi connectivity index (χ0n) is 12.1. The summed E-state index contributed by atoms with van der Waals surface area (Å²) in [6, 6.07) is 7.01. The summed E-state index contributed by atoms with van der Waals surface area (Å²) < 4.78 is 10.2. The number of aromatic nitrogens is 2. The first kappa shape index (κ1) is 16.7. The Morgan fingerprint density at radius 3 is 3.00 bits per heavy atom. The molecule has 3 rings (SSSR count). The molecule has 0 bridgehead atoms. The summed E-state index contributed by atoms with van der Waals surface area (Å²) in [6.07, 6.45) is 2.79. The van der Waals surface area contributed by atoms with Gasteiger partial charge in [-0.25, -0.2) is 4.79 Å². The minimum absolute atomic E-state index is 0.0832. The zero-order chi connectivity index (χ0) is 16.9. The lowest BCUT2D eigenvalue weighted by molar-refractivity contribution is -0.139. The number of hydrogen-bond acceptors (Lipinski definition) is 6. The Balaban J connectivity index is 1.58. The summed E-state index contributed by atoms with van der Waals surface area (Å²) in [5, 5.41) is 8.36. The quantitative estimate of drug-likeness (QED) is 0.466. The third-order valence-electron chi connectivity index (χ3n) is 2.96. The van der Waals surface area contributed by atoms with E-state index >= 15 is 0 Å². The molecule has 0 saturated carbocycles. The highest BCUT2D eigenvalue weighted by Crippen LogP contribution is 2.26. The number of rotatable bonds is 5. The number of ether oxygens (including phenoxy) is 1. The van der Waals surface area contributed by atoms with E-state index in [0.29, 0.717) is 27.3 Å². The molecular formula is C16H10Cl2N2O3S. The number of nitrogens with zero attached hydrogens (tertiary/aromatic N) is 2. The van der Waals surface area contributed by atoms with Crippen LogP contribution in [0.15, 0.2) is 45.6 Å². The van der Waals surface area contributed by atoms with Crippen LogP contribution in [0.2, 0.25) is 10.0 Å². The van der Waals surface area contributed by atoms with Crippen molar-refractivity contribution in [3.05, 3.63) is 62.5 Å². The first-order chi connectivity index (χ1) is 11.6. The highest BCUT2D eigenvalue weighted by atomic mass is 35.5. The molecule has 0 fully saturated rings. The maximum Gasteiger partial charge on any atom is 0.331 e. The van der Waals surface area contributed by atoms with Crippen LogP contribution in [0.5, 0.6) is 0 Å². The minimum atomic E-state index is -0.548. The number of carbonyl (C=O) groups excluding carboxylic acids is 1. The van der Waals surface area contributed by atoms with Gasteiger partial charge < -0.3 is 9.26 Å². The van der Waals surface area contributed by atoms with Crippen LogP contribution in [0.3, 0.4) is 0 Å². The van der Waals surface area contributed by atoms with Crippen molar-refractivity contribution >= 4 is 46.6 Å². The fourth-order valence-electron chi connectivity index (χ4n) is 1.81. The van der Waals surface area contributed by atoms with E-state index in [-0.39, 0.29) is 6.61 Å². The molecule has 2 heterocycles. The third kappa shape index (κ3) is 4.03. The number of carbonyl (C=O) groups is 1. The van der Waals surface area contributed by atoms with E-state index in [1.165, 1.54) is 23.5 Å². The van der Waals surface area contributed by atoms with E-state index in [2.05, 4.69) is 10.1 Å². The molecule has 1 aromatic carbocycles. The molecule has 0 atom stereocenters. The van der Waals surface area contributed by atoms with Crippen LogP contribution in [0.4, 0.5) is 0 Å². The summed E-state index contributed by atoms with van der Waals surface area (Å²) in [5.41, 5.74) is 1.46. The molecule has 0 unspecified atom stereocenters. The topological polar surface area (TPSA) is 65.2 Å². The summed E-state index contributed by atoms with van der Waals surface area (Å²) in [6.45, 7) is -0.0832. The lowest BCUT2D eigenvalue weighted by Crippen LogP contribution is -2.02. The van der Waals surface area contributed by atoms with E-state index in [1.54, 1.807) is 18.2 Å². The second-order valence-corrected chi connectivity index (χ2v) is 6.18. The average Bonchev–Trinajstić information content (AvgIpc) is 3.25. The molecule has 0 spiro atoms. The Morgan fingerprint density at radius 1 is 1.33 bits per heavy atom. The van der Waals surface area contributed by atoms with Gasteiger partial charge in [0.25, 0.3) is 5.89 Å². The van der Waals surface area contributed by atoms with Gasteiger partial charge in [0, 0.05) is 11.5 Å². The molecule has 8 heteroatoms. The van der Waals surface area contributed by atoms with Gasteiger partial charge in [0.05, 0.1) is 15.6 Å². The fraction of sp³-hybridized carbons (Fsp3) is 0.0625. The Morgan fingerprint density at radius 2 is 2.21 bits per heavy atom. The van der Waals surface area contributed by atoms with E-state index < -0.39 is 5.97 Å². The Labute approximate surface area is 151 Å². The smallest absolute Gasteiger partial charge is 0.331 e. The van der Waals surface area contributed by atoms with Crippen molar-refractivity contribution in [3.8, 4) is 11.5 Å². The lowest BCUT2D eigenvalue weighted by Gasteiger charge is -2.00. The Hall–Kier alpha value is -2.15. The van der Waals surface area contributed by atoms with Crippen molar-refractivity contribution in [2.75, 3.05) is 0 Å². The van der Waals surface area contributed by atoms with Crippen molar-refractivity contribution in [1.82, 2.24) is 10.1 Å². The van der Waals surface area contributed by atoms with Crippen LogP contribution >= 0.6 is 34.5 Å². The van der Waals surface area contributed by atoms with Crippen molar-refractivity contribution in [2.24, 2.45) is 0 Å². The van der Waals surface area contributed by atoms with Gasteiger partial charge in [0.15, 0.2) is 6.61 Å². The molecule has 24 heavy (non-hydrogen) atoms. The molecule has 0 aliphatic rings. The van der Waals surface area contributed by atoms with Crippen LogP contribution in [0.1, 0.15) is 11.4 Å². The zero-order valence-corrected chi connectivity index (χ0v) is 14.4. The number of esters is 1. The molecule has 3 aromatic rings. The van der Waals surface area contributed by atoms with Crippen molar-refractivity contribution in [1.29, 1.82) is 0 Å². The summed E-state index contributed by atoms with van der Waals surface area (Å²) >= 11 is 13.5. The number of thiophene rings is 1. The summed E-state index contributed by atoms with van der Waals surface area (Å²) in [4.78, 5) is 15.9. The highest BCUT2D eigenvalue weighted by molar-refractivity contribution is 7.08. The third-order valence-corrected chi connectivity index (χ3v) is 4.48. The van der Waals surface area contributed by atoms with Crippen molar-refractivity contribution in [3.63, 3.8) is 0 Å². The van der Waals surface area contributed by atoms with Gasteiger partial charge in [0.2, 0.25) is 5.82 Å². The SMILES string of the molecule is O=C(/C=C/c1cccc(Cl)c1Cl)OCc1noc(-c2ccsc2)n1. The first-order valence-corrected chi connectivity index (χ1v) is 8.47. The molecule has 0 aliphatic heterocycles. The Bertz CT molecular complexity index is 875. The largest absolute Gasteiger partial charge is 0.454 e. The van der Waals surface area contributed by atoms with Gasteiger partial charge in [-0.05, 0) is 29.2 Å². The molecule has 122 valence electrons. The Kier molecular flexibility index (Phi) is 5.30. The van der Waals surface area contributed by atoms with Gasteiger partial charge >= 0.3 is 5.97 Å². The maximum absolute atomic E-state index is 11.8. The van der Waals surface area contributed by atoms with Crippen molar-refractivity contribution in [2.45, 2.75) is 6.61 Å². The number of hydrogen-bond donors (Lipinski definition) is 0. The van der Waals surface area contributed by atoms with E-state index in [9.17, 15) is 4.79 Å². The molecule has 0 amide bonds. The average molecular weight is 381 g/mol. The summed E-state index contributed by atoms with van der Waals surface area (Å²) in [5.74, 6) is 0.134. The van der Waals surface area contributed by atoms with Gasteiger partial charge in [-0.2, -0.15) is 16.3 Å². The standard InChI is InChI=1S/C16H10Cl2N2O3S/c17-12-3-1-2-10(15(12)18)4-5-14(21)22-8-13-19-16(23-20-13)11-6-7-24-9-11/h1-7,9H,8H2/b5-4+. The van der Waals surface area contributed by atoms with E-state index in [0.717, 1.165) is 5.56 Å². The van der Waals surface area contributed by atoms with Crippen LogP contribution in [-0.4, -0.2) is 16.1 Å². The molecule has 0 aliphatic carbocycles. The van der Waals surface area contributed by atoms with Gasteiger partial charge in [-0.3, -0.25) is 0 Å². The van der Waals surface area contributed by atoms with Gasteiger partial charge in [-0.1, -0.05) is 40.5 Å². The van der Waals surface area contributed by atoms with Crippen molar-refractivity contribution < 1.29 is 14.1 Å². The molecule has 0 N–H and O–H groups in total. The second-order valence-electron chi connectivity index (χ2n) is 4.61. The number of halogens is 2. The van der Waals surface area contributed by atoms with Crippen LogP contribution < -0.4 is 0 Å². The van der Waals surface area contributed by atoms with E-state index in [4.69, 9.17) is 32.5 Å². The van der Waals surface area contributed by atoms with Crippen LogP contribution in [0.25, 0.3) is 17.5 Å². The second kappa shape index (κ2) is 7.61. The molecule has 0 saturated heterocycles. The predicted molar refractivity (Wildman–Crippen MR) is 92.9 cm³/mol. The van der Waals surface area contributed by atoms with E-state index in [1.807, 2.05) is 16.8 Å². The van der Waals surface area contributed by atoms with Gasteiger partial charge in [0.1, 0.15) is 0 Å². The predicted octanol–water partition coefficient (Wildman–Crippen LogP) is 4.86. The van der Waals surface area contributed by atoms with Crippen LogP contribution in [0, 0.1) is 0 Å². The molecule has 2 aromatic heterocycles. The number of benzene rings is 1. The highest BCUT2D eigenvalue weighted by Gasteiger charge is 2.10. The minimum Gasteiger partial charge on any atom is -0.454 e. The fourth-order valence-corrected chi connectivity index (χ4v) is 2.81. The normalized spacial score (nSPS) is 11.1. The molecule has 0 radical (unpaired) electrons. The summed E-state index contributed by atoms with van der Waals surface area (Å²) in [7, 11) is 0. The maximum atomic E-state index is 11.8. The molecule has 5 nitrogen and oxygen atoms in total. The lowest BCUT2D eigenvalue weighted by atomic mass is 10.2. The molecular weight excluding hydrogens is 371 g/mol. The van der Waals surface area contributed by atoms with Crippen LogP contribution in [-0.2, 0) is 16.1 Å². The first-order valence-electron chi connectivity index (χ1n) is 6.77. The van der Waals surface area contributed by atoms with Gasteiger partial charge in [-0.15, -0.1) is 0 Å².